The maximum absolute atomic E-state index is 12.2. The van der Waals surface area contributed by atoms with Crippen molar-refractivity contribution in [2.75, 3.05) is 13.1 Å². The molecule has 1 aliphatic heterocycles. The van der Waals surface area contributed by atoms with Gasteiger partial charge < -0.3 is 9.64 Å². The van der Waals surface area contributed by atoms with Gasteiger partial charge in [0.15, 0.2) is 0 Å². The summed E-state index contributed by atoms with van der Waals surface area (Å²) in [6.45, 7) is 1.19. The number of carbonyl (C=O) groups excluding carboxylic acids is 1. The summed E-state index contributed by atoms with van der Waals surface area (Å²) in [5.41, 5.74) is 0.964. The third-order valence-corrected chi connectivity index (χ3v) is 4.33. The minimum absolute atomic E-state index is 0.000341. The van der Waals surface area contributed by atoms with Crippen molar-refractivity contribution in [3.8, 4) is 5.88 Å². The summed E-state index contributed by atoms with van der Waals surface area (Å²) < 4.78 is 6.58. The third-order valence-electron chi connectivity index (χ3n) is 3.47. The summed E-state index contributed by atoms with van der Waals surface area (Å²) in [4.78, 5) is 18.1. The summed E-state index contributed by atoms with van der Waals surface area (Å²) >= 11 is 9.23. The lowest BCUT2D eigenvalue weighted by Gasteiger charge is -2.38. The smallest absolute Gasteiger partial charge is 0.228 e. The van der Waals surface area contributed by atoms with Crippen molar-refractivity contribution in [2.24, 2.45) is 0 Å². The van der Waals surface area contributed by atoms with Crippen LogP contribution in [-0.2, 0) is 11.2 Å². The topological polar surface area (TPSA) is 42.4 Å². The van der Waals surface area contributed by atoms with E-state index < -0.39 is 0 Å². The zero-order chi connectivity index (χ0) is 15.5. The zero-order valence-electron chi connectivity index (χ0n) is 11.7. The fourth-order valence-corrected chi connectivity index (χ4v) is 2.70. The van der Waals surface area contributed by atoms with Crippen LogP contribution in [0.3, 0.4) is 0 Å². The van der Waals surface area contributed by atoms with E-state index in [-0.39, 0.29) is 12.0 Å². The van der Waals surface area contributed by atoms with E-state index in [9.17, 15) is 4.79 Å². The summed E-state index contributed by atoms with van der Waals surface area (Å²) in [7, 11) is 0. The summed E-state index contributed by atoms with van der Waals surface area (Å²) in [5.74, 6) is 0.666. The highest BCUT2D eigenvalue weighted by Gasteiger charge is 2.32. The highest BCUT2D eigenvalue weighted by atomic mass is 79.9. The van der Waals surface area contributed by atoms with Crippen molar-refractivity contribution in [1.29, 1.82) is 0 Å². The maximum Gasteiger partial charge on any atom is 0.228 e. The van der Waals surface area contributed by atoms with E-state index >= 15 is 0 Å². The van der Waals surface area contributed by atoms with Gasteiger partial charge in [-0.05, 0) is 45.8 Å². The molecule has 0 radical (unpaired) electrons. The summed E-state index contributed by atoms with van der Waals surface area (Å²) in [6.07, 6.45) is 2.07. The van der Waals surface area contributed by atoms with Crippen LogP contribution >= 0.6 is 27.5 Å². The van der Waals surface area contributed by atoms with Gasteiger partial charge in [-0.15, -0.1) is 0 Å². The van der Waals surface area contributed by atoms with Crippen molar-refractivity contribution >= 4 is 33.4 Å². The maximum atomic E-state index is 12.2. The third kappa shape index (κ3) is 3.59. The Morgan fingerprint density at radius 3 is 2.73 bits per heavy atom. The molecule has 0 bridgehead atoms. The lowest BCUT2D eigenvalue weighted by molar-refractivity contribution is -0.139. The Labute approximate surface area is 142 Å². The van der Waals surface area contributed by atoms with Gasteiger partial charge in [0, 0.05) is 11.2 Å². The number of carbonyl (C=O) groups is 1. The summed E-state index contributed by atoms with van der Waals surface area (Å²) in [5, 5.41) is 0.676. The number of likely N-dealkylation sites (tertiary alicyclic amines) is 1. The fourth-order valence-electron chi connectivity index (χ4n) is 2.22. The molecule has 22 heavy (non-hydrogen) atoms. The van der Waals surface area contributed by atoms with Crippen LogP contribution in [0.1, 0.15) is 5.56 Å². The van der Waals surface area contributed by atoms with E-state index in [0.29, 0.717) is 30.4 Å². The fraction of sp³-hybridized carbons (Fsp3) is 0.250. The zero-order valence-corrected chi connectivity index (χ0v) is 14.0. The molecule has 1 aromatic heterocycles. The Kier molecular flexibility index (Phi) is 4.64. The second kappa shape index (κ2) is 6.67. The number of ether oxygens (including phenoxy) is 1. The molecule has 3 rings (SSSR count). The predicted octanol–water partition coefficient (Wildman–Crippen LogP) is 3.33. The average Bonchev–Trinajstić information content (AvgIpc) is 2.46. The van der Waals surface area contributed by atoms with E-state index in [1.807, 2.05) is 24.3 Å². The van der Waals surface area contributed by atoms with Gasteiger partial charge in [-0.1, -0.05) is 23.7 Å². The van der Waals surface area contributed by atoms with Gasteiger partial charge in [0.1, 0.15) is 6.10 Å². The quantitative estimate of drug-likeness (QED) is 0.816. The molecule has 2 aromatic rings. The first-order valence-corrected chi connectivity index (χ1v) is 8.08. The van der Waals surface area contributed by atoms with E-state index in [2.05, 4.69) is 20.9 Å². The lowest BCUT2D eigenvalue weighted by Crippen LogP contribution is -2.56. The van der Waals surface area contributed by atoms with Crippen molar-refractivity contribution in [3.63, 3.8) is 0 Å². The Hall–Kier alpha value is -1.59. The predicted molar refractivity (Wildman–Crippen MR) is 88.1 cm³/mol. The molecule has 0 aliphatic carbocycles. The number of nitrogens with zero attached hydrogens (tertiary/aromatic N) is 2. The molecule has 1 saturated heterocycles. The summed E-state index contributed by atoms with van der Waals surface area (Å²) in [6, 6.07) is 11.1. The average molecular weight is 382 g/mol. The largest absolute Gasteiger partial charge is 0.470 e. The van der Waals surface area contributed by atoms with Crippen LogP contribution in [0.5, 0.6) is 5.88 Å². The second-order valence-corrected chi connectivity index (χ2v) is 6.42. The molecule has 0 spiro atoms. The van der Waals surface area contributed by atoms with E-state index in [4.69, 9.17) is 16.3 Å². The number of rotatable bonds is 4. The lowest BCUT2D eigenvalue weighted by atomic mass is 10.1. The molecule has 1 aromatic carbocycles. The standard InChI is InChI=1S/C16H14BrClN2O2/c17-14-2-1-7-19-16(14)22-13-9-20(10-13)15(21)8-11-3-5-12(18)6-4-11/h1-7,13H,8-10H2. The number of amides is 1. The molecule has 4 nitrogen and oxygen atoms in total. The van der Waals surface area contributed by atoms with Crippen LogP contribution in [0.25, 0.3) is 0 Å². The minimum atomic E-state index is 0.000341. The monoisotopic (exact) mass is 380 g/mol. The number of hydrogen-bond donors (Lipinski definition) is 0. The molecule has 114 valence electrons. The first kappa shape index (κ1) is 15.3. The molecule has 1 aliphatic rings. The van der Waals surface area contributed by atoms with Crippen molar-refractivity contribution in [3.05, 3.63) is 57.7 Å². The Morgan fingerprint density at radius 1 is 1.32 bits per heavy atom. The molecule has 6 heteroatoms. The van der Waals surface area contributed by atoms with Crippen LogP contribution in [0.15, 0.2) is 47.1 Å². The van der Waals surface area contributed by atoms with Gasteiger partial charge in [0.2, 0.25) is 11.8 Å². The van der Waals surface area contributed by atoms with Crippen molar-refractivity contribution in [2.45, 2.75) is 12.5 Å². The van der Waals surface area contributed by atoms with E-state index in [1.54, 1.807) is 23.2 Å². The minimum Gasteiger partial charge on any atom is -0.470 e. The highest BCUT2D eigenvalue weighted by Crippen LogP contribution is 2.24. The molecule has 0 N–H and O–H groups in total. The normalized spacial score (nSPS) is 14.5. The number of benzene rings is 1. The van der Waals surface area contributed by atoms with E-state index in [0.717, 1.165) is 10.0 Å². The molecular weight excluding hydrogens is 368 g/mol. The molecule has 0 saturated carbocycles. The Balaban J connectivity index is 1.49. The first-order chi connectivity index (χ1) is 10.6. The van der Waals surface area contributed by atoms with Crippen molar-refractivity contribution < 1.29 is 9.53 Å². The van der Waals surface area contributed by atoms with Gasteiger partial charge in [-0.3, -0.25) is 4.79 Å². The number of pyridine rings is 1. The van der Waals surface area contributed by atoms with Gasteiger partial charge >= 0.3 is 0 Å². The van der Waals surface area contributed by atoms with Gasteiger partial charge in [-0.2, -0.15) is 0 Å². The Morgan fingerprint density at radius 2 is 2.05 bits per heavy atom. The number of aromatic nitrogens is 1. The SMILES string of the molecule is O=C(Cc1ccc(Cl)cc1)N1CC(Oc2ncccc2Br)C1. The van der Waals surface area contributed by atoms with Crippen LogP contribution in [0, 0.1) is 0 Å². The molecule has 1 amide bonds. The number of halogens is 2. The van der Waals surface area contributed by atoms with Crippen LogP contribution in [-0.4, -0.2) is 35.0 Å². The molecule has 0 unspecified atom stereocenters. The Bertz CT molecular complexity index is 672. The van der Waals surface area contributed by atoms with Crippen molar-refractivity contribution in [1.82, 2.24) is 9.88 Å². The first-order valence-electron chi connectivity index (χ1n) is 6.91. The molecular formula is C16H14BrClN2O2. The van der Waals surface area contributed by atoms with Gasteiger partial charge in [0.25, 0.3) is 0 Å². The van der Waals surface area contributed by atoms with Crippen LogP contribution in [0.2, 0.25) is 5.02 Å². The molecule has 0 atom stereocenters. The number of hydrogen-bond acceptors (Lipinski definition) is 3. The van der Waals surface area contributed by atoms with Crippen LogP contribution < -0.4 is 4.74 Å². The van der Waals surface area contributed by atoms with Gasteiger partial charge in [0.05, 0.1) is 24.0 Å². The van der Waals surface area contributed by atoms with Crippen LogP contribution in [0.4, 0.5) is 0 Å². The highest BCUT2D eigenvalue weighted by molar-refractivity contribution is 9.10. The molecule has 2 heterocycles. The van der Waals surface area contributed by atoms with Gasteiger partial charge in [-0.25, -0.2) is 4.98 Å². The van der Waals surface area contributed by atoms with E-state index in [1.165, 1.54) is 0 Å². The second-order valence-electron chi connectivity index (χ2n) is 5.13. The molecule has 1 fully saturated rings.